The zero-order valence-corrected chi connectivity index (χ0v) is 18.2. The van der Waals surface area contributed by atoms with Crippen molar-refractivity contribution in [3.05, 3.63) is 59.0 Å². The van der Waals surface area contributed by atoms with Crippen molar-refractivity contribution in [2.45, 2.75) is 40.2 Å². The Kier molecular flexibility index (Phi) is 5.63. The molecule has 1 fully saturated rings. The first-order valence-electron chi connectivity index (χ1n) is 10.6. The number of ketones is 1. The average Bonchev–Trinajstić information content (AvgIpc) is 3.47. The van der Waals surface area contributed by atoms with E-state index in [-0.39, 0.29) is 17.6 Å². The van der Waals surface area contributed by atoms with Crippen LogP contribution in [-0.2, 0) is 11.3 Å². The Bertz CT molecular complexity index is 1110. The van der Waals surface area contributed by atoms with Gasteiger partial charge in [-0.05, 0) is 44.9 Å². The Labute approximate surface area is 181 Å². The number of benzene rings is 1. The standard InChI is InChI=1S/C23H28N6O2/c1-15-16(2)26-28(17(15)3)12-10-21(30)27-11-9-18(14-27)22(31)20-13-25-29(23(20)24)19-7-5-4-6-8-19/h4-8,13,18H,9-12,14,24H2,1-3H3/t18-/m0/s1. The van der Waals surface area contributed by atoms with Crippen LogP contribution in [0.15, 0.2) is 36.5 Å². The molecule has 3 heterocycles. The van der Waals surface area contributed by atoms with Crippen molar-refractivity contribution in [1.29, 1.82) is 0 Å². The molecule has 0 saturated carbocycles. The lowest BCUT2D eigenvalue weighted by atomic mass is 9.98. The summed E-state index contributed by atoms with van der Waals surface area (Å²) in [5.74, 6) is 0.0779. The van der Waals surface area contributed by atoms with Gasteiger partial charge in [0.25, 0.3) is 0 Å². The topological polar surface area (TPSA) is 99.0 Å². The second-order valence-electron chi connectivity index (χ2n) is 8.15. The van der Waals surface area contributed by atoms with Crippen LogP contribution in [0.25, 0.3) is 5.69 Å². The predicted octanol–water partition coefficient (Wildman–Crippen LogP) is 2.70. The number of carbonyl (C=O) groups excluding carboxylic acids is 2. The molecule has 162 valence electrons. The molecule has 2 N–H and O–H groups in total. The number of amides is 1. The van der Waals surface area contributed by atoms with Gasteiger partial charge in [0.2, 0.25) is 5.91 Å². The molecule has 0 bridgehead atoms. The monoisotopic (exact) mass is 420 g/mol. The highest BCUT2D eigenvalue weighted by molar-refractivity contribution is 6.02. The van der Waals surface area contributed by atoms with Gasteiger partial charge in [-0.25, -0.2) is 4.68 Å². The average molecular weight is 421 g/mol. The highest BCUT2D eigenvalue weighted by atomic mass is 16.2. The Morgan fingerprint density at radius 2 is 1.90 bits per heavy atom. The summed E-state index contributed by atoms with van der Waals surface area (Å²) in [6, 6.07) is 9.47. The third kappa shape index (κ3) is 3.97. The normalized spacial score (nSPS) is 16.1. The summed E-state index contributed by atoms with van der Waals surface area (Å²) in [6.07, 6.45) is 2.54. The molecule has 3 aromatic rings. The quantitative estimate of drug-likeness (QED) is 0.618. The molecule has 0 radical (unpaired) electrons. The van der Waals surface area contributed by atoms with Crippen molar-refractivity contribution in [3.8, 4) is 5.69 Å². The molecule has 1 saturated heterocycles. The van der Waals surface area contributed by atoms with Crippen molar-refractivity contribution in [2.24, 2.45) is 5.92 Å². The number of Topliss-reactive ketones (excluding diaryl/α,β-unsaturated/α-hetero) is 1. The fourth-order valence-corrected chi connectivity index (χ4v) is 4.11. The maximum Gasteiger partial charge on any atom is 0.224 e. The summed E-state index contributed by atoms with van der Waals surface area (Å²) in [6.45, 7) is 7.58. The molecule has 2 aromatic heterocycles. The number of carbonyl (C=O) groups is 2. The molecule has 1 aliphatic rings. The zero-order valence-electron chi connectivity index (χ0n) is 18.2. The van der Waals surface area contributed by atoms with Crippen LogP contribution in [0.4, 0.5) is 5.82 Å². The zero-order chi connectivity index (χ0) is 22.1. The van der Waals surface area contributed by atoms with E-state index in [9.17, 15) is 9.59 Å². The molecule has 0 unspecified atom stereocenters. The predicted molar refractivity (Wildman–Crippen MR) is 118 cm³/mol. The Balaban J connectivity index is 1.38. The third-order valence-corrected chi connectivity index (χ3v) is 6.27. The van der Waals surface area contributed by atoms with Crippen LogP contribution < -0.4 is 5.73 Å². The lowest BCUT2D eigenvalue weighted by molar-refractivity contribution is -0.130. The van der Waals surface area contributed by atoms with Gasteiger partial charge >= 0.3 is 0 Å². The maximum atomic E-state index is 13.1. The number of anilines is 1. The van der Waals surface area contributed by atoms with Crippen LogP contribution >= 0.6 is 0 Å². The minimum absolute atomic E-state index is 0.0495. The number of nitrogens with zero attached hydrogens (tertiary/aromatic N) is 5. The van der Waals surface area contributed by atoms with Gasteiger partial charge in [-0.3, -0.25) is 14.3 Å². The molecule has 1 atom stereocenters. The van der Waals surface area contributed by atoms with Gasteiger partial charge in [-0.15, -0.1) is 0 Å². The molecule has 4 rings (SSSR count). The summed E-state index contributed by atoms with van der Waals surface area (Å²) in [5.41, 5.74) is 10.7. The molecular formula is C23H28N6O2. The van der Waals surface area contributed by atoms with Crippen LogP contribution in [0.3, 0.4) is 0 Å². The van der Waals surface area contributed by atoms with E-state index < -0.39 is 0 Å². The number of rotatable bonds is 6. The van der Waals surface area contributed by atoms with Crippen molar-refractivity contribution >= 4 is 17.5 Å². The number of nitrogens with two attached hydrogens (primary N) is 1. The van der Waals surface area contributed by atoms with E-state index >= 15 is 0 Å². The fraction of sp³-hybridized carbons (Fsp3) is 0.391. The van der Waals surface area contributed by atoms with E-state index in [1.165, 1.54) is 6.20 Å². The number of nitrogen functional groups attached to an aromatic ring is 1. The van der Waals surface area contributed by atoms with Gasteiger partial charge in [0, 0.05) is 37.7 Å². The lowest BCUT2D eigenvalue weighted by Crippen LogP contribution is -2.30. The van der Waals surface area contributed by atoms with Crippen molar-refractivity contribution in [3.63, 3.8) is 0 Å². The van der Waals surface area contributed by atoms with E-state index in [0.717, 1.165) is 22.6 Å². The van der Waals surface area contributed by atoms with Crippen LogP contribution in [0.2, 0.25) is 0 Å². The number of likely N-dealkylation sites (tertiary alicyclic amines) is 1. The van der Waals surface area contributed by atoms with Gasteiger partial charge < -0.3 is 10.6 Å². The SMILES string of the molecule is Cc1nn(CCC(=O)N2CC[C@H](C(=O)c3cnn(-c4ccccc4)c3N)C2)c(C)c1C. The molecule has 0 spiro atoms. The van der Waals surface area contributed by atoms with E-state index in [1.807, 2.05) is 55.8 Å². The van der Waals surface area contributed by atoms with E-state index in [0.29, 0.717) is 43.9 Å². The maximum absolute atomic E-state index is 13.1. The van der Waals surface area contributed by atoms with E-state index in [1.54, 1.807) is 9.58 Å². The minimum atomic E-state index is -0.254. The van der Waals surface area contributed by atoms with Gasteiger partial charge in [-0.1, -0.05) is 18.2 Å². The number of aryl methyl sites for hydroxylation is 2. The first-order chi connectivity index (χ1) is 14.9. The summed E-state index contributed by atoms with van der Waals surface area (Å²) in [5, 5.41) is 8.79. The highest BCUT2D eigenvalue weighted by Gasteiger charge is 2.33. The molecule has 0 aliphatic carbocycles. The smallest absolute Gasteiger partial charge is 0.224 e. The molecule has 1 amide bonds. The van der Waals surface area contributed by atoms with Crippen molar-refractivity contribution in [2.75, 3.05) is 18.8 Å². The Morgan fingerprint density at radius 3 is 2.58 bits per heavy atom. The number of para-hydroxylation sites is 1. The van der Waals surface area contributed by atoms with E-state index in [2.05, 4.69) is 10.2 Å². The van der Waals surface area contributed by atoms with Gasteiger partial charge in [0.05, 0.1) is 23.1 Å². The first-order valence-corrected chi connectivity index (χ1v) is 10.6. The van der Waals surface area contributed by atoms with Crippen LogP contribution in [0.1, 0.15) is 40.2 Å². The largest absolute Gasteiger partial charge is 0.383 e. The summed E-state index contributed by atoms with van der Waals surface area (Å²) in [7, 11) is 0. The summed E-state index contributed by atoms with van der Waals surface area (Å²) in [4.78, 5) is 27.6. The van der Waals surface area contributed by atoms with Gasteiger partial charge in [0.15, 0.2) is 5.78 Å². The van der Waals surface area contributed by atoms with E-state index in [4.69, 9.17) is 5.73 Å². The Hall–Kier alpha value is -3.42. The summed E-state index contributed by atoms with van der Waals surface area (Å²) >= 11 is 0. The molecule has 8 heteroatoms. The molecular weight excluding hydrogens is 392 g/mol. The molecule has 1 aliphatic heterocycles. The van der Waals surface area contributed by atoms with Crippen LogP contribution in [-0.4, -0.2) is 49.2 Å². The number of aromatic nitrogens is 4. The molecule has 1 aromatic carbocycles. The third-order valence-electron chi connectivity index (χ3n) is 6.27. The fourth-order valence-electron chi connectivity index (χ4n) is 4.11. The second-order valence-corrected chi connectivity index (χ2v) is 8.15. The van der Waals surface area contributed by atoms with Gasteiger partial charge in [-0.2, -0.15) is 10.2 Å². The molecule has 31 heavy (non-hydrogen) atoms. The van der Waals surface area contributed by atoms with Gasteiger partial charge in [0.1, 0.15) is 5.82 Å². The van der Waals surface area contributed by atoms with Crippen molar-refractivity contribution in [1.82, 2.24) is 24.5 Å². The first kappa shape index (κ1) is 20.8. The second kappa shape index (κ2) is 8.37. The van der Waals surface area contributed by atoms with Crippen LogP contribution in [0, 0.1) is 26.7 Å². The highest BCUT2D eigenvalue weighted by Crippen LogP contribution is 2.26. The summed E-state index contributed by atoms with van der Waals surface area (Å²) < 4.78 is 3.46. The number of hydrogen-bond donors (Lipinski definition) is 1. The van der Waals surface area contributed by atoms with Crippen molar-refractivity contribution < 1.29 is 9.59 Å². The lowest BCUT2D eigenvalue weighted by Gasteiger charge is -2.16. The Morgan fingerprint density at radius 1 is 1.16 bits per heavy atom. The van der Waals surface area contributed by atoms with Crippen LogP contribution in [0.5, 0.6) is 0 Å². The molecule has 8 nitrogen and oxygen atoms in total. The number of hydrogen-bond acceptors (Lipinski definition) is 5. The minimum Gasteiger partial charge on any atom is -0.383 e.